The third kappa shape index (κ3) is 2.30. The molecular weight excluding hydrogens is 116 g/mol. The van der Waals surface area contributed by atoms with Gasteiger partial charge < -0.3 is 5.73 Å². The van der Waals surface area contributed by atoms with Crippen LogP contribution < -0.4 is 5.73 Å². The summed E-state index contributed by atoms with van der Waals surface area (Å²) in [4.78, 5) is 3.23. The minimum atomic E-state index is -2.08. The van der Waals surface area contributed by atoms with E-state index in [1.165, 1.54) is 7.05 Å². The topological polar surface area (TPSA) is 75.7 Å². The lowest BCUT2D eigenvalue weighted by molar-refractivity contribution is 0.576. The van der Waals surface area contributed by atoms with E-state index in [0.29, 0.717) is 0 Å². The Labute approximate surface area is 43.7 Å². The molecule has 0 fully saturated rings. The van der Waals surface area contributed by atoms with E-state index in [1.54, 1.807) is 0 Å². The lowest BCUT2D eigenvalue weighted by Crippen LogP contribution is -2.16. The Bertz CT molecular complexity index is 110. The van der Waals surface area contributed by atoms with E-state index >= 15 is 0 Å². The highest BCUT2D eigenvalue weighted by molar-refractivity contribution is 7.95. The van der Waals surface area contributed by atoms with E-state index in [-0.39, 0.29) is 5.17 Å². The summed E-state index contributed by atoms with van der Waals surface area (Å²) < 4.78 is 17.8. The zero-order valence-electron chi connectivity index (χ0n) is 3.79. The van der Waals surface area contributed by atoms with Crippen LogP contribution in [0, 0.1) is 0 Å². The van der Waals surface area contributed by atoms with Crippen LogP contribution >= 0.6 is 0 Å². The van der Waals surface area contributed by atoms with Crippen LogP contribution in [0.1, 0.15) is 0 Å². The predicted molar refractivity (Wildman–Crippen MR) is 28.3 cm³/mol. The molecule has 0 saturated carbocycles. The van der Waals surface area contributed by atoms with Gasteiger partial charge in [0.25, 0.3) is 0 Å². The Kier molecular flexibility index (Phi) is 2.54. The lowest BCUT2D eigenvalue weighted by atomic mass is 11.3. The van der Waals surface area contributed by atoms with Gasteiger partial charge in [-0.05, 0) is 0 Å². The van der Waals surface area contributed by atoms with Crippen molar-refractivity contribution in [3.63, 3.8) is 0 Å². The molecule has 7 heavy (non-hydrogen) atoms. The molecule has 0 aliphatic carbocycles. The van der Waals surface area contributed by atoms with Crippen molar-refractivity contribution in [3.8, 4) is 0 Å². The van der Waals surface area contributed by atoms with Gasteiger partial charge in [-0.15, -0.1) is 0 Å². The van der Waals surface area contributed by atoms with Crippen LogP contribution in [0.5, 0.6) is 0 Å². The molecule has 0 rings (SSSR count). The first-order chi connectivity index (χ1) is 3.18. The van der Waals surface area contributed by atoms with Crippen LogP contribution in [0.15, 0.2) is 4.99 Å². The van der Waals surface area contributed by atoms with Crippen LogP contribution in [0.3, 0.4) is 0 Å². The highest BCUT2D eigenvalue weighted by atomic mass is 32.2. The van der Waals surface area contributed by atoms with Crippen molar-refractivity contribution in [2.45, 2.75) is 0 Å². The number of hydrogen-bond acceptors (Lipinski definition) is 2. The molecule has 1 atom stereocenters. The smallest absolute Gasteiger partial charge is 0.222 e. The van der Waals surface area contributed by atoms with Gasteiger partial charge >= 0.3 is 0 Å². The van der Waals surface area contributed by atoms with Crippen molar-refractivity contribution in [2.24, 2.45) is 10.7 Å². The van der Waals surface area contributed by atoms with E-state index in [0.717, 1.165) is 0 Å². The third-order valence-corrected chi connectivity index (χ3v) is 0.940. The van der Waals surface area contributed by atoms with Crippen LogP contribution in [-0.2, 0) is 11.1 Å². The summed E-state index contributed by atoms with van der Waals surface area (Å²) in [5.74, 6) is 0. The summed E-state index contributed by atoms with van der Waals surface area (Å²) >= 11 is -2.08. The summed E-state index contributed by atoms with van der Waals surface area (Å²) in [5, 5.41) is -0.250. The largest absolute Gasteiger partial charge is 0.375 e. The Hall–Kier alpha value is -0.420. The van der Waals surface area contributed by atoms with Gasteiger partial charge in [0.05, 0.1) is 0 Å². The molecule has 5 heteroatoms. The van der Waals surface area contributed by atoms with Crippen molar-refractivity contribution < 1.29 is 8.76 Å². The molecule has 1 unspecified atom stereocenters. The number of amidine groups is 1. The SMILES string of the molecule is CN=C(N)S(=O)O. The maximum absolute atomic E-state index is 9.79. The van der Waals surface area contributed by atoms with E-state index in [2.05, 4.69) is 4.99 Å². The predicted octanol–water partition coefficient (Wildman–Crippen LogP) is -0.847. The zero-order valence-corrected chi connectivity index (χ0v) is 4.60. The Morgan fingerprint density at radius 3 is 2.43 bits per heavy atom. The average molecular weight is 122 g/mol. The van der Waals surface area contributed by atoms with Gasteiger partial charge in [0.15, 0.2) is 0 Å². The molecule has 0 radical (unpaired) electrons. The minimum Gasteiger partial charge on any atom is -0.375 e. The number of rotatable bonds is 0. The first-order valence-corrected chi connectivity index (χ1v) is 2.62. The van der Waals surface area contributed by atoms with Crippen LogP contribution in [0.25, 0.3) is 0 Å². The standard InChI is InChI=1S/C2H6N2O2S/c1-4-2(3)7(5)6/h1H3,(H2,3,4)(H,5,6). The molecule has 0 aromatic carbocycles. The molecule has 0 aromatic heterocycles. The van der Waals surface area contributed by atoms with Crippen LogP contribution in [-0.4, -0.2) is 21.0 Å². The van der Waals surface area contributed by atoms with Crippen molar-refractivity contribution in [3.05, 3.63) is 0 Å². The summed E-state index contributed by atoms with van der Waals surface area (Å²) in [6.45, 7) is 0. The van der Waals surface area contributed by atoms with Gasteiger partial charge in [0.2, 0.25) is 16.2 Å². The Balaban J connectivity index is 3.82. The van der Waals surface area contributed by atoms with Crippen molar-refractivity contribution >= 4 is 16.2 Å². The molecular formula is C2H6N2O2S. The van der Waals surface area contributed by atoms with Crippen molar-refractivity contribution in [2.75, 3.05) is 7.05 Å². The first kappa shape index (κ1) is 6.58. The van der Waals surface area contributed by atoms with Gasteiger partial charge in [-0.1, -0.05) is 0 Å². The van der Waals surface area contributed by atoms with Crippen LogP contribution in [0.2, 0.25) is 0 Å². The fourth-order valence-corrected chi connectivity index (χ4v) is 0.234. The second-order valence-corrected chi connectivity index (χ2v) is 1.73. The molecule has 0 aromatic rings. The zero-order chi connectivity index (χ0) is 5.86. The van der Waals surface area contributed by atoms with Gasteiger partial charge in [-0.3, -0.25) is 9.55 Å². The van der Waals surface area contributed by atoms with Crippen molar-refractivity contribution in [1.82, 2.24) is 0 Å². The molecule has 0 heterocycles. The third-order valence-electron chi connectivity index (χ3n) is 0.399. The summed E-state index contributed by atoms with van der Waals surface area (Å²) in [5.41, 5.74) is 4.82. The van der Waals surface area contributed by atoms with Crippen LogP contribution in [0.4, 0.5) is 0 Å². The highest BCUT2D eigenvalue weighted by Gasteiger charge is 1.93. The number of aliphatic imine (C=N–C) groups is 1. The first-order valence-electron chi connectivity index (χ1n) is 1.51. The lowest BCUT2D eigenvalue weighted by Gasteiger charge is -1.84. The van der Waals surface area contributed by atoms with E-state index in [9.17, 15) is 4.21 Å². The molecule has 4 nitrogen and oxygen atoms in total. The fraction of sp³-hybridized carbons (Fsp3) is 0.500. The molecule has 0 aliphatic rings. The van der Waals surface area contributed by atoms with E-state index < -0.39 is 11.1 Å². The molecule has 42 valence electrons. The Morgan fingerprint density at radius 1 is 2.00 bits per heavy atom. The molecule has 0 bridgehead atoms. The maximum atomic E-state index is 9.79. The van der Waals surface area contributed by atoms with Gasteiger partial charge in [-0.2, -0.15) is 0 Å². The summed E-state index contributed by atoms with van der Waals surface area (Å²) in [7, 11) is 1.35. The number of hydrogen-bond donors (Lipinski definition) is 2. The fourth-order valence-electron chi connectivity index (χ4n) is 0.0781. The van der Waals surface area contributed by atoms with E-state index in [1.807, 2.05) is 0 Å². The van der Waals surface area contributed by atoms with Gasteiger partial charge in [0, 0.05) is 7.05 Å². The monoisotopic (exact) mass is 122 g/mol. The minimum absolute atomic E-state index is 0.250. The second kappa shape index (κ2) is 2.70. The summed E-state index contributed by atoms with van der Waals surface area (Å²) in [6, 6.07) is 0. The Morgan fingerprint density at radius 2 is 2.43 bits per heavy atom. The molecule has 3 N–H and O–H groups in total. The molecule has 0 spiro atoms. The average Bonchev–Trinajstić information content (AvgIpc) is 1.65. The van der Waals surface area contributed by atoms with E-state index in [4.69, 9.17) is 10.3 Å². The second-order valence-electron chi connectivity index (χ2n) is 0.811. The highest BCUT2D eigenvalue weighted by Crippen LogP contribution is 1.69. The molecule has 0 amide bonds. The molecule has 0 saturated heterocycles. The summed E-state index contributed by atoms with van der Waals surface area (Å²) in [6.07, 6.45) is 0. The number of nitrogens with zero attached hydrogens (tertiary/aromatic N) is 1. The van der Waals surface area contributed by atoms with Gasteiger partial charge in [-0.25, -0.2) is 4.21 Å². The normalized spacial score (nSPS) is 16.6. The maximum Gasteiger partial charge on any atom is 0.222 e. The quantitative estimate of drug-likeness (QED) is 0.250. The van der Waals surface area contributed by atoms with Gasteiger partial charge in [0.1, 0.15) is 0 Å². The number of nitrogens with two attached hydrogens (primary N) is 1. The molecule has 0 aliphatic heterocycles. The van der Waals surface area contributed by atoms with Crippen molar-refractivity contribution in [1.29, 1.82) is 0 Å².